The van der Waals surface area contributed by atoms with Gasteiger partial charge in [-0.25, -0.2) is 4.79 Å². The van der Waals surface area contributed by atoms with E-state index in [9.17, 15) is 29.1 Å². The Morgan fingerprint density at radius 2 is 1.66 bits per heavy atom. The van der Waals surface area contributed by atoms with Crippen LogP contribution >= 0.6 is 0 Å². The zero-order valence-corrected chi connectivity index (χ0v) is 24.1. The van der Waals surface area contributed by atoms with Crippen molar-refractivity contribution in [1.29, 1.82) is 0 Å². The van der Waals surface area contributed by atoms with Crippen LogP contribution in [0.2, 0.25) is 0 Å². The number of aliphatic carboxylic acids is 1. The molecule has 4 atom stereocenters. The number of rotatable bonds is 11. The highest BCUT2D eigenvalue weighted by molar-refractivity contribution is 5.96. The van der Waals surface area contributed by atoms with E-state index in [-0.39, 0.29) is 30.7 Å². The van der Waals surface area contributed by atoms with Crippen molar-refractivity contribution in [2.24, 2.45) is 11.8 Å². The monoisotopic (exact) mass is 570 g/mol. The summed E-state index contributed by atoms with van der Waals surface area (Å²) >= 11 is 0. The number of ether oxygens (including phenoxy) is 1. The van der Waals surface area contributed by atoms with Crippen LogP contribution < -0.4 is 20.7 Å². The largest absolute Gasteiger partial charge is 0.488 e. The van der Waals surface area contributed by atoms with E-state index < -0.39 is 53.5 Å². The SMILES string of the molecule is CC(=O)N[C@H](C(=O)N[C@H](C(=O)N1C[C@H](Oc2ccccc2)C[C@H]1C(=O)NC1(C(=O)O)CC1)C(C)C)C1CCCCC1. The maximum absolute atomic E-state index is 14.0. The van der Waals surface area contributed by atoms with Crippen LogP contribution in [0.4, 0.5) is 0 Å². The Bertz CT molecular complexity index is 1130. The van der Waals surface area contributed by atoms with E-state index in [0.717, 1.165) is 32.1 Å². The first-order chi connectivity index (χ1) is 19.5. The maximum Gasteiger partial charge on any atom is 0.329 e. The number of hydrogen-bond donors (Lipinski definition) is 4. The van der Waals surface area contributed by atoms with Crippen molar-refractivity contribution in [2.45, 2.75) is 102 Å². The maximum atomic E-state index is 14.0. The molecule has 0 spiro atoms. The number of likely N-dealkylation sites (tertiary alicyclic amines) is 1. The number of hydrogen-bond acceptors (Lipinski definition) is 6. The summed E-state index contributed by atoms with van der Waals surface area (Å²) in [6, 6.07) is 6.40. The zero-order chi connectivity index (χ0) is 29.7. The van der Waals surface area contributed by atoms with E-state index in [4.69, 9.17) is 4.74 Å². The molecule has 1 aromatic carbocycles. The predicted octanol–water partition coefficient (Wildman–Crippen LogP) is 1.99. The van der Waals surface area contributed by atoms with E-state index in [0.29, 0.717) is 18.6 Å². The van der Waals surface area contributed by atoms with Gasteiger partial charge in [0.25, 0.3) is 0 Å². The minimum absolute atomic E-state index is 0.0183. The fourth-order valence-corrected chi connectivity index (χ4v) is 5.92. The Balaban J connectivity index is 1.54. The Morgan fingerprint density at radius 1 is 1.00 bits per heavy atom. The van der Waals surface area contributed by atoms with Crippen molar-refractivity contribution in [2.75, 3.05) is 6.54 Å². The number of nitrogens with zero attached hydrogens (tertiary/aromatic N) is 1. The minimum atomic E-state index is -1.30. The highest BCUT2D eigenvalue weighted by Gasteiger charge is 2.54. The quantitative estimate of drug-likeness (QED) is 0.317. The molecular formula is C30H42N4O7. The molecule has 0 bridgehead atoms. The summed E-state index contributed by atoms with van der Waals surface area (Å²) in [6.45, 7) is 5.09. The Kier molecular flexibility index (Phi) is 9.55. The lowest BCUT2D eigenvalue weighted by Gasteiger charge is -2.34. The second-order valence-electron chi connectivity index (χ2n) is 12.0. The van der Waals surface area contributed by atoms with E-state index in [2.05, 4.69) is 16.0 Å². The number of para-hydroxylation sites is 1. The fraction of sp³-hybridized carbons (Fsp3) is 0.633. The van der Waals surface area contributed by atoms with E-state index in [1.54, 1.807) is 12.1 Å². The third-order valence-corrected chi connectivity index (χ3v) is 8.41. The third-order valence-electron chi connectivity index (χ3n) is 8.41. The van der Waals surface area contributed by atoms with Crippen LogP contribution in [0, 0.1) is 11.8 Å². The number of nitrogens with one attached hydrogen (secondary N) is 3. The molecule has 4 rings (SSSR count). The summed E-state index contributed by atoms with van der Waals surface area (Å²) in [5.41, 5.74) is -1.30. The van der Waals surface area contributed by atoms with E-state index >= 15 is 0 Å². The molecular weight excluding hydrogens is 528 g/mol. The van der Waals surface area contributed by atoms with Gasteiger partial charge in [0.2, 0.25) is 23.6 Å². The van der Waals surface area contributed by atoms with Crippen LogP contribution in [0.5, 0.6) is 5.75 Å². The van der Waals surface area contributed by atoms with Gasteiger partial charge in [-0.15, -0.1) is 0 Å². The Morgan fingerprint density at radius 3 is 2.22 bits per heavy atom. The molecule has 0 radical (unpaired) electrons. The van der Waals surface area contributed by atoms with Gasteiger partial charge in [0.15, 0.2) is 0 Å². The predicted molar refractivity (Wildman–Crippen MR) is 150 cm³/mol. The van der Waals surface area contributed by atoms with Gasteiger partial charge in [0, 0.05) is 13.3 Å². The number of carbonyl (C=O) groups excluding carboxylic acids is 4. The average molecular weight is 571 g/mol. The number of carbonyl (C=O) groups is 5. The summed E-state index contributed by atoms with van der Waals surface area (Å²) in [6.07, 6.45) is 5.01. The Labute approximate surface area is 240 Å². The summed E-state index contributed by atoms with van der Waals surface area (Å²) in [7, 11) is 0. The molecule has 1 aliphatic heterocycles. The second-order valence-corrected chi connectivity index (χ2v) is 12.0. The van der Waals surface area contributed by atoms with Gasteiger partial charge in [-0.1, -0.05) is 51.3 Å². The highest BCUT2D eigenvalue weighted by Crippen LogP contribution is 2.36. The molecule has 1 saturated heterocycles. The summed E-state index contributed by atoms with van der Waals surface area (Å²) in [5.74, 6) is -2.57. The van der Waals surface area contributed by atoms with Crippen LogP contribution in [-0.4, -0.2) is 75.9 Å². The van der Waals surface area contributed by atoms with Crippen molar-refractivity contribution in [3.63, 3.8) is 0 Å². The molecule has 3 fully saturated rings. The van der Waals surface area contributed by atoms with Gasteiger partial charge in [0.1, 0.15) is 35.5 Å². The topological polar surface area (TPSA) is 154 Å². The van der Waals surface area contributed by atoms with Crippen molar-refractivity contribution < 1.29 is 33.8 Å². The molecule has 3 aliphatic rings. The molecule has 1 heterocycles. The van der Waals surface area contributed by atoms with Crippen LogP contribution in [-0.2, 0) is 24.0 Å². The van der Waals surface area contributed by atoms with Crippen molar-refractivity contribution >= 4 is 29.6 Å². The van der Waals surface area contributed by atoms with Gasteiger partial charge in [-0.3, -0.25) is 19.2 Å². The van der Waals surface area contributed by atoms with Crippen LogP contribution in [0.15, 0.2) is 30.3 Å². The van der Waals surface area contributed by atoms with Crippen molar-refractivity contribution in [3.05, 3.63) is 30.3 Å². The first-order valence-corrected chi connectivity index (χ1v) is 14.7. The molecule has 0 aromatic heterocycles. The van der Waals surface area contributed by atoms with Gasteiger partial charge in [-0.2, -0.15) is 0 Å². The normalized spacial score (nSPS) is 23.3. The molecule has 11 nitrogen and oxygen atoms in total. The number of benzene rings is 1. The molecule has 224 valence electrons. The highest BCUT2D eigenvalue weighted by atomic mass is 16.5. The lowest BCUT2D eigenvalue weighted by Crippen LogP contribution is -2.60. The lowest BCUT2D eigenvalue weighted by atomic mass is 9.83. The summed E-state index contributed by atoms with van der Waals surface area (Å²) in [5, 5.41) is 17.9. The number of amides is 4. The smallest absolute Gasteiger partial charge is 0.329 e. The first kappa shape index (κ1) is 30.3. The molecule has 2 aliphatic carbocycles. The standard InChI is InChI=1S/C30H42N4O7/c1-18(2)24(32-27(37)25(31-19(3)35)20-10-6-4-7-11-20)28(38)34-17-22(41-21-12-8-5-9-13-21)16-23(34)26(36)33-30(14-15-30)29(39)40/h5,8-9,12-13,18,20,22-25H,4,6-7,10-11,14-17H2,1-3H3,(H,31,35)(H,32,37)(H,33,36)(H,39,40)/t22-,23+,24+,25+/m1/s1. The first-order valence-electron chi connectivity index (χ1n) is 14.7. The molecule has 41 heavy (non-hydrogen) atoms. The minimum Gasteiger partial charge on any atom is -0.488 e. The third kappa shape index (κ3) is 7.37. The molecule has 2 saturated carbocycles. The van der Waals surface area contributed by atoms with Crippen molar-refractivity contribution in [3.8, 4) is 5.75 Å². The van der Waals surface area contributed by atoms with Gasteiger partial charge in [-0.05, 0) is 49.7 Å². The number of carboxylic acids is 1. The molecule has 4 N–H and O–H groups in total. The summed E-state index contributed by atoms with van der Waals surface area (Å²) in [4.78, 5) is 66.1. The van der Waals surface area contributed by atoms with Crippen LogP contribution in [0.25, 0.3) is 0 Å². The zero-order valence-electron chi connectivity index (χ0n) is 24.1. The molecule has 11 heteroatoms. The van der Waals surface area contributed by atoms with Gasteiger partial charge < -0.3 is 30.7 Å². The summed E-state index contributed by atoms with van der Waals surface area (Å²) < 4.78 is 6.09. The van der Waals surface area contributed by atoms with Crippen molar-refractivity contribution in [1.82, 2.24) is 20.9 Å². The van der Waals surface area contributed by atoms with E-state index in [1.165, 1.54) is 11.8 Å². The van der Waals surface area contributed by atoms with Gasteiger partial charge in [0.05, 0.1) is 6.54 Å². The van der Waals surface area contributed by atoms with E-state index in [1.807, 2.05) is 32.0 Å². The van der Waals surface area contributed by atoms with Gasteiger partial charge >= 0.3 is 5.97 Å². The van der Waals surface area contributed by atoms with Crippen LogP contribution in [0.1, 0.15) is 72.1 Å². The second kappa shape index (κ2) is 12.9. The number of carboxylic acid groups (broad SMARTS) is 1. The average Bonchev–Trinajstić information content (AvgIpc) is 3.61. The fourth-order valence-electron chi connectivity index (χ4n) is 5.92. The van der Waals surface area contributed by atoms with Crippen LogP contribution in [0.3, 0.4) is 0 Å². The molecule has 4 amide bonds. The lowest BCUT2D eigenvalue weighted by molar-refractivity contribution is -0.146. The molecule has 1 aromatic rings. The molecule has 0 unspecified atom stereocenters. The Hall–Kier alpha value is -3.63.